The number of aryl methyl sites for hydroxylation is 1. The number of ether oxygens (including phenoxy) is 1. The maximum absolute atomic E-state index is 13.5. The van der Waals surface area contributed by atoms with Crippen LogP contribution < -0.4 is 14.5 Å². The van der Waals surface area contributed by atoms with Crippen molar-refractivity contribution in [3.63, 3.8) is 0 Å². The molecule has 3 heterocycles. The third kappa shape index (κ3) is 6.57. The third-order valence-electron chi connectivity index (χ3n) is 7.66. The van der Waals surface area contributed by atoms with E-state index < -0.39 is 0 Å². The number of aromatic nitrogens is 1. The van der Waals surface area contributed by atoms with E-state index in [0.29, 0.717) is 13.1 Å². The fourth-order valence-electron chi connectivity index (χ4n) is 5.38. The van der Waals surface area contributed by atoms with Gasteiger partial charge in [0.05, 0.1) is 19.0 Å². The van der Waals surface area contributed by atoms with Crippen molar-refractivity contribution in [2.24, 2.45) is 0 Å². The van der Waals surface area contributed by atoms with E-state index in [1.807, 2.05) is 36.9 Å². The summed E-state index contributed by atoms with van der Waals surface area (Å²) < 4.78 is 5.21. The molecule has 2 fully saturated rings. The number of carbonyl (C=O) groups is 1. The minimum Gasteiger partial charge on any atom is -0.495 e. The maximum Gasteiger partial charge on any atom is 0.254 e. The normalized spacial score (nSPS) is 15.6. The van der Waals surface area contributed by atoms with Crippen LogP contribution in [0.2, 0.25) is 0 Å². The molecule has 0 bridgehead atoms. The van der Waals surface area contributed by atoms with Crippen LogP contribution in [0.25, 0.3) is 0 Å². The Kier molecular flexibility index (Phi) is 9.68. The second kappa shape index (κ2) is 13.4. The van der Waals surface area contributed by atoms with Crippen LogP contribution in [0.15, 0.2) is 60.8 Å². The number of para-hydroxylation sites is 1. The molecular formula is C33H41N5O2. The third-order valence-corrected chi connectivity index (χ3v) is 7.66. The van der Waals surface area contributed by atoms with E-state index in [0.717, 1.165) is 74.1 Å². The van der Waals surface area contributed by atoms with Crippen molar-refractivity contribution in [2.45, 2.75) is 27.8 Å². The molecule has 0 saturated carbocycles. The van der Waals surface area contributed by atoms with Gasteiger partial charge in [-0.2, -0.15) is 0 Å². The monoisotopic (exact) mass is 539 g/mol. The van der Waals surface area contributed by atoms with E-state index in [4.69, 9.17) is 4.74 Å². The number of piperazine rings is 2. The minimum atomic E-state index is 0. The van der Waals surface area contributed by atoms with Crippen LogP contribution >= 0.6 is 0 Å². The summed E-state index contributed by atoms with van der Waals surface area (Å²) in [6.07, 6.45) is 1.74. The zero-order valence-electron chi connectivity index (χ0n) is 23.2. The number of nitrogens with zero attached hydrogens (tertiary/aromatic N) is 5. The van der Waals surface area contributed by atoms with Crippen LogP contribution in [0.3, 0.4) is 0 Å². The molecule has 0 unspecified atom stereocenters. The van der Waals surface area contributed by atoms with Gasteiger partial charge in [0.1, 0.15) is 11.6 Å². The maximum atomic E-state index is 13.5. The average molecular weight is 540 g/mol. The molecule has 7 nitrogen and oxygen atoms in total. The van der Waals surface area contributed by atoms with Crippen LogP contribution in [0.5, 0.6) is 5.75 Å². The topological polar surface area (TPSA) is 52.2 Å². The predicted octanol–water partition coefficient (Wildman–Crippen LogP) is 4.69. The summed E-state index contributed by atoms with van der Waals surface area (Å²) in [5.74, 6) is 8.06. The molecule has 0 N–H and O–H groups in total. The molecule has 0 atom stereocenters. The molecule has 2 aromatic carbocycles. The highest BCUT2D eigenvalue weighted by Crippen LogP contribution is 2.23. The first kappa shape index (κ1) is 29.0. The van der Waals surface area contributed by atoms with Crippen molar-refractivity contribution in [2.75, 3.05) is 69.3 Å². The fourth-order valence-corrected chi connectivity index (χ4v) is 5.38. The first-order chi connectivity index (χ1) is 19.1. The van der Waals surface area contributed by atoms with Crippen molar-refractivity contribution in [1.82, 2.24) is 14.8 Å². The molecule has 40 heavy (non-hydrogen) atoms. The molecule has 7 heteroatoms. The highest BCUT2D eigenvalue weighted by Gasteiger charge is 2.25. The zero-order chi connectivity index (χ0) is 27.2. The van der Waals surface area contributed by atoms with Gasteiger partial charge in [-0.25, -0.2) is 4.98 Å². The van der Waals surface area contributed by atoms with E-state index in [2.05, 4.69) is 67.9 Å². The van der Waals surface area contributed by atoms with Crippen molar-refractivity contribution < 1.29 is 9.53 Å². The Bertz CT molecular complexity index is 1350. The molecule has 0 spiro atoms. The largest absolute Gasteiger partial charge is 0.495 e. The molecule has 1 amide bonds. The smallest absolute Gasteiger partial charge is 0.254 e. The first-order valence-corrected chi connectivity index (χ1v) is 13.7. The number of rotatable bonds is 6. The van der Waals surface area contributed by atoms with Crippen LogP contribution in [-0.2, 0) is 6.54 Å². The standard InChI is InChI=1S/C32H37N5O2.CH4/c1-4-7-27-8-5-6-9-30(27)35-16-14-34(15-17-35)24-26-11-10-25(2)29(22-26)32(38)37-20-18-36(19-21-37)31-13-12-28(39-3)23-33-31;/h5-6,8-13,22-23H,14-21,24H2,1-3H3;1H4. The van der Waals surface area contributed by atoms with Gasteiger partial charge in [-0.1, -0.05) is 37.6 Å². The van der Waals surface area contributed by atoms with Crippen LogP contribution in [-0.4, -0.2) is 80.2 Å². The van der Waals surface area contributed by atoms with Gasteiger partial charge in [-0.05, 0) is 55.3 Å². The molecule has 2 aliphatic heterocycles. The fraction of sp³-hybridized carbons (Fsp3) is 0.394. The highest BCUT2D eigenvalue weighted by atomic mass is 16.5. The van der Waals surface area contributed by atoms with E-state index in [1.165, 1.54) is 11.3 Å². The summed E-state index contributed by atoms with van der Waals surface area (Å²) in [6.45, 7) is 11.5. The lowest BCUT2D eigenvalue weighted by atomic mass is 10.0. The molecule has 1 aromatic heterocycles. The molecule has 2 saturated heterocycles. The lowest BCUT2D eigenvalue weighted by Gasteiger charge is -2.37. The molecule has 3 aromatic rings. The zero-order valence-corrected chi connectivity index (χ0v) is 23.2. The van der Waals surface area contributed by atoms with Crippen molar-refractivity contribution in [3.05, 3.63) is 83.0 Å². The lowest BCUT2D eigenvalue weighted by molar-refractivity contribution is 0.0745. The molecule has 5 rings (SSSR count). The van der Waals surface area contributed by atoms with E-state index in [-0.39, 0.29) is 13.3 Å². The molecule has 210 valence electrons. The number of amides is 1. The van der Waals surface area contributed by atoms with Gasteiger partial charge in [-0.3, -0.25) is 9.69 Å². The summed E-state index contributed by atoms with van der Waals surface area (Å²) in [5, 5.41) is 0. The Morgan fingerprint density at radius 3 is 2.33 bits per heavy atom. The van der Waals surface area contributed by atoms with Crippen molar-refractivity contribution >= 4 is 17.4 Å². The second-order valence-corrected chi connectivity index (χ2v) is 10.1. The Morgan fingerprint density at radius 1 is 0.925 bits per heavy atom. The second-order valence-electron chi connectivity index (χ2n) is 10.1. The van der Waals surface area contributed by atoms with E-state index in [1.54, 1.807) is 13.3 Å². The summed E-state index contributed by atoms with van der Waals surface area (Å²) >= 11 is 0. The lowest BCUT2D eigenvalue weighted by Crippen LogP contribution is -2.49. The minimum absolute atomic E-state index is 0. The van der Waals surface area contributed by atoms with Crippen molar-refractivity contribution in [3.8, 4) is 17.6 Å². The number of pyridine rings is 1. The SMILES string of the molecule is C.CC#Cc1ccccc1N1CCN(Cc2ccc(C)c(C(=O)N3CCN(c4ccc(OC)cn4)CC3)c2)CC1. The van der Waals surface area contributed by atoms with Gasteiger partial charge in [0, 0.05) is 70.0 Å². The Labute approximate surface area is 239 Å². The van der Waals surface area contributed by atoms with Gasteiger partial charge >= 0.3 is 0 Å². The number of benzene rings is 2. The predicted molar refractivity (Wildman–Crippen MR) is 163 cm³/mol. The Balaban J connectivity index is 0.00000370. The highest BCUT2D eigenvalue weighted by molar-refractivity contribution is 5.96. The van der Waals surface area contributed by atoms with Gasteiger partial charge < -0.3 is 19.4 Å². The van der Waals surface area contributed by atoms with E-state index >= 15 is 0 Å². The number of methoxy groups -OCH3 is 1. The summed E-state index contributed by atoms with van der Waals surface area (Å²) in [6, 6.07) is 18.7. The number of hydrogen-bond acceptors (Lipinski definition) is 6. The quantitative estimate of drug-likeness (QED) is 0.424. The van der Waals surface area contributed by atoms with Crippen molar-refractivity contribution in [1.29, 1.82) is 0 Å². The van der Waals surface area contributed by atoms with E-state index in [9.17, 15) is 4.79 Å². The van der Waals surface area contributed by atoms with Crippen LogP contribution in [0.1, 0.15) is 41.4 Å². The van der Waals surface area contributed by atoms with Crippen LogP contribution in [0, 0.1) is 18.8 Å². The molecule has 2 aliphatic rings. The summed E-state index contributed by atoms with van der Waals surface area (Å²) in [4.78, 5) is 27.1. The Morgan fingerprint density at radius 2 is 1.65 bits per heavy atom. The first-order valence-electron chi connectivity index (χ1n) is 13.7. The van der Waals surface area contributed by atoms with Gasteiger partial charge in [0.15, 0.2) is 0 Å². The molecular weight excluding hydrogens is 498 g/mol. The van der Waals surface area contributed by atoms with Crippen LogP contribution in [0.4, 0.5) is 11.5 Å². The number of hydrogen-bond donors (Lipinski definition) is 0. The Hall–Kier alpha value is -4.02. The van der Waals surface area contributed by atoms with Gasteiger partial charge in [0.25, 0.3) is 5.91 Å². The van der Waals surface area contributed by atoms with Gasteiger partial charge in [0.2, 0.25) is 0 Å². The molecule has 0 aliphatic carbocycles. The number of carbonyl (C=O) groups excluding carboxylic acids is 1. The molecule has 0 radical (unpaired) electrons. The number of anilines is 2. The summed E-state index contributed by atoms with van der Waals surface area (Å²) in [5.41, 5.74) is 5.35. The summed E-state index contributed by atoms with van der Waals surface area (Å²) in [7, 11) is 1.64. The average Bonchev–Trinajstić information content (AvgIpc) is 2.99. The van der Waals surface area contributed by atoms with Gasteiger partial charge in [-0.15, -0.1) is 5.92 Å².